The molecule has 0 aromatic heterocycles. The fourth-order valence-electron chi connectivity index (χ4n) is 1.32. The van der Waals surface area contributed by atoms with E-state index in [0.717, 1.165) is 18.4 Å². The fourth-order valence-corrected chi connectivity index (χ4v) is 1.32. The lowest BCUT2D eigenvalue weighted by Gasteiger charge is -2.06. The van der Waals surface area contributed by atoms with E-state index < -0.39 is 0 Å². The molecule has 0 bridgehead atoms. The predicted octanol–water partition coefficient (Wildman–Crippen LogP) is 1.77. The Balaban J connectivity index is 1.95. The Kier molecular flexibility index (Phi) is 2.52. The molecule has 0 aliphatic heterocycles. The molecule has 1 saturated carbocycles. The smallest absolute Gasteiger partial charge is 0.00747 e. The van der Waals surface area contributed by atoms with Gasteiger partial charge < -0.3 is 5.73 Å². The zero-order valence-electron chi connectivity index (χ0n) is 6.27. The molecule has 9 heavy (non-hydrogen) atoms. The minimum atomic E-state index is 0.869. The van der Waals surface area contributed by atoms with Crippen molar-refractivity contribution in [1.29, 1.82) is 0 Å². The third-order valence-corrected chi connectivity index (χ3v) is 2.09. The second-order valence-electron chi connectivity index (χ2n) is 3.36. The van der Waals surface area contributed by atoms with Crippen LogP contribution in [0.5, 0.6) is 0 Å². The molecule has 0 aromatic carbocycles. The van der Waals surface area contributed by atoms with Crippen LogP contribution >= 0.6 is 0 Å². The maximum Gasteiger partial charge on any atom is -0.00747 e. The molecular formula is C8H17N. The summed E-state index contributed by atoms with van der Waals surface area (Å²) in [5.41, 5.74) is 5.43. The predicted molar refractivity (Wildman–Crippen MR) is 40.2 cm³/mol. The van der Waals surface area contributed by atoms with Gasteiger partial charge in [0.15, 0.2) is 0 Å². The molecule has 0 aromatic rings. The summed E-state index contributed by atoms with van der Waals surface area (Å²) in [5, 5.41) is 0. The topological polar surface area (TPSA) is 26.0 Å². The van der Waals surface area contributed by atoms with Crippen molar-refractivity contribution in [3.05, 3.63) is 0 Å². The van der Waals surface area contributed by atoms with Crippen LogP contribution in [0.25, 0.3) is 0 Å². The molecule has 1 atom stereocenters. The fraction of sp³-hybridized carbons (Fsp3) is 1.00. The Morgan fingerprint density at radius 3 is 2.67 bits per heavy atom. The first kappa shape index (κ1) is 7.07. The van der Waals surface area contributed by atoms with E-state index in [1.165, 1.54) is 25.7 Å². The second kappa shape index (κ2) is 3.21. The molecule has 0 heterocycles. The van der Waals surface area contributed by atoms with E-state index in [4.69, 9.17) is 5.73 Å². The third kappa shape index (κ3) is 2.85. The van der Waals surface area contributed by atoms with Crippen LogP contribution in [0.15, 0.2) is 0 Å². The maximum atomic E-state index is 5.43. The summed E-state index contributed by atoms with van der Waals surface area (Å²) in [6, 6.07) is 0. The molecule has 1 aliphatic carbocycles. The van der Waals surface area contributed by atoms with E-state index in [9.17, 15) is 0 Å². The van der Waals surface area contributed by atoms with Gasteiger partial charge in [0.25, 0.3) is 0 Å². The van der Waals surface area contributed by atoms with Crippen molar-refractivity contribution >= 4 is 0 Å². The summed E-state index contributed by atoms with van der Waals surface area (Å²) in [7, 11) is 0. The van der Waals surface area contributed by atoms with Crippen LogP contribution in [-0.4, -0.2) is 6.54 Å². The number of rotatable bonds is 4. The second-order valence-corrected chi connectivity index (χ2v) is 3.36. The Hall–Kier alpha value is -0.0400. The van der Waals surface area contributed by atoms with Crippen LogP contribution in [0.2, 0.25) is 0 Å². The van der Waals surface area contributed by atoms with Gasteiger partial charge in [0.2, 0.25) is 0 Å². The van der Waals surface area contributed by atoms with Crippen molar-refractivity contribution in [2.75, 3.05) is 6.54 Å². The van der Waals surface area contributed by atoms with Gasteiger partial charge in [-0.25, -0.2) is 0 Å². The average Bonchev–Trinajstić information content (AvgIpc) is 2.50. The lowest BCUT2D eigenvalue weighted by Crippen LogP contribution is -2.05. The van der Waals surface area contributed by atoms with Gasteiger partial charge in [-0.15, -0.1) is 0 Å². The number of nitrogens with two attached hydrogens (primary N) is 1. The molecule has 0 saturated heterocycles. The van der Waals surface area contributed by atoms with E-state index in [1.54, 1.807) is 0 Å². The van der Waals surface area contributed by atoms with E-state index in [-0.39, 0.29) is 0 Å². The molecule has 0 radical (unpaired) electrons. The summed E-state index contributed by atoms with van der Waals surface area (Å²) in [4.78, 5) is 0. The molecule has 54 valence electrons. The monoisotopic (exact) mass is 127 g/mol. The zero-order valence-corrected chi connectivity index (χ0v) is 6.27. The number of hydrogen-bond donors (Lipinski definition) is 1. The van der Waals surface area contributed by atoms with Crippen molar-refractivity contribution in [2.24, 2.45) is 17.6 Å². The van der Waals surface area contributed by atoms with Crippen molar-refractivity contribution in [3.8, 4) is 0 Å². The highest BCUT2D eigenvalue weighted by Gasteiger charge is 2.22. The van der Waals surface area contributed by atoms with Crippen molar-refractivity contribution < 1.29 is 0 Å². The molecule has 0 amide bonds. The SMILES string of the molecule is CC(CCN)CC1CC1. The molecule has 1 heteroatoms. The highest BCUT2D eigenvalue weighted by Crippen LogP contribution is 2.35. The van der Waals surface area contributed by atoms with Gasteiger partial charge in [-0.3, -0.25) is 0 Å². The Bertz CT molecular complexity index is 76.6. The molecule has 1 fully saturated rings. The lowest BCUT2D eigenvalue weighted by molar-refractivity contribution is 0.469. The number of hydrogen-bond acceptors (Lipinski definition) is 1. The van der Waals surface area contributed by atoms with Gasteiger partial charge in [0.05, 0.1) is 0 Å². The summed E-state index contributed by atoms with van der Waals surface area (Å²) >= 11 is 0. The van der Waals surface area contributed by atoms with Crippen LogP contribution in [0.3, 0.4) is 0 Å². The molecular weight excluding hydrogens is 110 g/mol. The van der Waals surface area contributed by atoms with Gasteiger partial charge in [-0.2, -0.15) is 0 Å². The van der Waals surface area contributed by atoms with Crippen molar-refractivity contribution in [3.63, 3.8) is 0 Å². The standard InChI is InChI=1S/C8H17N/c1-7(4-5-9)6-8-2-3-8/h7-8H,2-6,9H2,1H3. The van der Waals surface area contributed by atoms with E-state index in [2.05, 4.69) is 6.92 Å². The quantitative estimate of drug-likeness (QED) is 0.612. The first-order valence-corrected chi connectivity index (χ1v) is 4.03. The molecule has 1 aliphatic rings. The highest BCUT2D eigenvalue weighted by molar-refractivity contribution is 4.75. The molecule has 1 nitrogen and oxygen atoms in total. The molecule has 0 spiro atoms. The lowest BCUT2D eigenvalue weighted by atomic mass is 10.0. The molecule has 1 rings (SSSR count). The summed E-state index contributed by atoms with van der Waals surface area (Å²) in [5.74, 6) is 1.95. The first-order valence-electron chi connectivity index (χ1n) is 4.03. The van der Waals surface area contributed by atoms with Crippen LogP contribution in [0.1, 0.15) is 32.6 Å². The average molecular weight is 127 g/mol. The van der Waals surface area contributed by atoms with Crippen molar-refractivity contribution in [1.82, 2.24) is 0 Å². The van der Waals surface area contributed by atoms with Gasteiger partial charge in [-0.1, -0.05) is 19.8 Å². The zero-order chi connectivity index (χ0) is 6.69. The molecule has 2 N–H and O–H groups in total. The van der Waals surface area contributed by atoms with Gasteiger partial charge in [0, 0.05) is 0 Å². The Morgan fingerprint density at radius 1 is 1.56 bits per heavy atom. The normalized spacial score (nSPS) is 22.0. The highest BCUT2D eigenvalue weighted by atomic mass is 14.5. The Labute approximate surface area is 57.6 Å². The van der Waals surface area contributed by atoms with Gasteiger partial charge in [0.1, 0.15) is 0 Å². The molecule has 1 unspecified atom stereocenters. The van der Waals surface area contributed by atoms with Gasteiger partial charge in [-0.05, 0) is 31.2 Å². The first-order chi connectivity index (χ1) is 4.33. The van der Waals surface area contributed by atoms with Crippen LogP contribution in [0.4, 0.5) is 0 Å². The van der Waals surface area contributed by atoms with Crippen molar-refractivity contribution in [2.45, 2.75) is 32.6 Å². The van der Waals surface area contributed by atoms with Gasteiger partial charge >= 0.3 is 0 Å². The Morgan fingerprint density at radius 2 is 2.22 bits per heavy atom. The minimum Gasteiger partial charge on any atom is -0.330 e. The summed E-state index contributed by atoms with van der Waals surface area (Å²) < 4.78 is 0. The van der Waals surface area contributed by atoms with Crippen LogP contribution in [-0.2, 0) is 0 Å². The third-order valence-electron chi connectivity index (χ3n) is 2.09. The van der Waals surface area contributed by atoms with Crippen LogP contribution in [0, 0.1) is 11.8 Å². The van der Waals surface area contributed by atoms with E-state index in [1.807, 2.05) is 0 Å². The largest absolute Gasteiger partial charge is 0.330 e. The minimum absolute atomic E-state index is 0.869. The van der Waals surface area contributed by atoms with E-state index >= 15 is 0 Å². The maximum absolute atomic E-state index is 5.43. The summed E-state index contributed by atoms with van der Waals surface area (Å²) in [6.07, 6.45) is 5.61. The summed E-state index contributed by atoms with van der Waals surface area (Å²) in [6.45, 7) is 3.18. The van der Waals surface area contributed by atoms with E-state index in [0.29, 0.717) is 0 Å². The van der Waals surface area contributed by atoms with Crippen LogP contribution < -0.4 is 5.73 Å².